The van der Waals surface area contributed by atoms with Crippen LogP contribution in [0.2, 0.25) is 0 Å². The fraction of sp³-hybridized carbons (Fsp3) is 0.526. The Morgan fingerprint density at radius 3 is 2.70 bits per heavy atom. The van der Waals surface area contributed by atoms with Gasteiger partial charge >= 0.3 is 0 Å². The summed E-state index contributed by atoms with van der Waals surface area (Å²) < 4.78 is 11.1. The van der Waals surface area contributed by atoms with Gasteiger partial charge in [0.1, 0.15) is 0 Å². The van der Waals surface area contributed by atoms with Crippen LogP contribution in [0.15, 0.2) is 30.9 Å². The largest absolute Gasteiger partial charge is 0.493 e. The zero-order valence-corrected chi connectivity index (χ0v) is 14.2. The van der Waals surface area contributed by atoms with Gasteiger partial charge in [-0.05, 0) is 37.0 Å². The number of allylic oxidation sites excluding steroid dienone is 1. The van der Waals surface area contributed by atoms with Crippen LogP contribution in [0, 0.1) is 0 Å². The SMILES string of the molecule is C=CCc1ccc(OCC(=O)N(C)C2CCCCC2)c(OC)c1. The number of rotatable bonds is 7. The minimum absolute atomic E-state index is 0.0223. The molecule has 1 amide bonds. The summed E-state index contributed by atoms with van der Waals surface area (Å²) in [6.45, 7) is 3.78. The molecule has 126 valence electrons. The number of ether oxygens (including phenoxy) is 2. The summed E-state index contributed by atoms with van der Waals surface area (Å²) in [5.74, 6) is 1.28. The zero-order valence-electron chi connectivity index (χ0n) is 14.2. The second-order valence-corrected chi connectivity index (χ2v) is 6.06. The first-order valence-corrected chi connectivity index (χ1v) is 8.32. The zero-order chi connectivity index (χ0) is 16.7. The van der Waals surface area contributed by atoms with Crippen molar-refractivity contribution in [2.45, 2.75) is 44.6 Å². The van der Waals surface area contributed by atoms with Gasteiger partial charge in [0.05, 0.1) is 7.11 Å². The Morgan fingerprint density at radius 1 is 1.30 bits per heavy atom. The van der Waals surface area contributed by atoms with Crippen LogP contribution in [0.3, 0.4) is 0 Å². The van der Waals surface area contributed by atoms with Gasteiger partial charge in [0.15, 0.2) is 18.1 Å². The maximum absolute atomic E-state index is 12.3. The standard InChI is InChI=1S/C19H27NO3/c1-4-8-15-11-12-17(18(13-15)22-3)23-14-19(21)20(2)16-9-6-5-7-10-16/h4,11-13,16H,1,5-10,14H2,2-3H3. The van der Waals surface area contributed by atoms with Crippen molar-refractivity contribution >= 4 is 5.91 Å². The molecule has 0 N–H and O–H groups in total. The van der Waals surface area contributed by atoms with Crippen molar-refractivity contribution in [3.8, 4) is 11.5 Å². The minimum Gasteiger partial charge on any atom is -0.493 e. The first kappa shape index (κ1) is 17.4. The Labute approximate surface area is 139 Å². The van der Waals surface area contributed by atoms with Gasteiger partial charge in [-0.25, -0.2) is 0 Å². The number of amides is 1. The number of carbonyl (C=O) groups is 1. The highest BCUT2D eigenvalue weighted by atomic mass is 16.5. The number of hydrogen-bond donors (Lipinski definition) is 0. The summed E-state index contributed by atoms with van der Waals surface area (Å²) in [4.78, 5) is 14.2. The molecule has 0 spiro atoms. The molecular weight excluding hydrogens is 290 g/mol. The highest BCUT2D eigenvalue weighted by Gasteiger charge is 2.22. The molecule has 1 aliphatic rings. The van der Waals surface area contributed by atoms with E-state index in [-0.39, 0.29) is 12.5 Å². The molecule has 0 aromatic heterocycles. The maximum atomic E-state index is 12.3. The van der Waals surface area contributed by atoms with Crippen molar-refractivity contribution in [1.82, 2.24) is 4.90 Å². The number of methoxy groups -OCH3 is 1. The molecule has 1 aromatic carbocycles. The van der Waals surface area contributed by atoms with Crippen LogP contribution in [-0.2, 0) is 11.2 Å². The van der Waals surface area contributed by atoms with Crippen LogP contribution >= 0.6 is 0 Å². The second kappa shape index (κ2) is 8.61. The molecule has 0 unspecified atom stereocenters. The van der Waals surface area contributed by atoms with Gasteiger partial charge in [0.25, 0.3) is 5.91 Å². The van der Waals surface area contributed by atoms with E-state index in [1.165, 1.54) is 19.3 Å². The van der Waals surface area contributed by atoms with Crippen LogP contribution < -0.4 is 9.47 Å². The lowest BCUT2D eigenvalue weighted by Gasteiger charge is -2.31. The molecule has 1 aromatic rings. The summed E-state index contributed by atoms with van der Waals surface area (Å²) in [5.41, 5.74) is 1.11. The van der Waals surface area contributed by atoms with Crippen LogP contribution in [0.1, 0.15) is 37.7 Å². The summed E-state index contributed by atoms with van der Waals surface area (Å²) >= 11 is 0. The second-order valence-electron chi connectivity index (χ2n) is 6.06. The van der Waals surface area contributed by atoms with Gasteiger partial charge in [0.2, 0.25) is 0 Å². The summed E-state index contributed by atoms with van der Waals surface area (Å²) in [7, 11) is 3.49. The Kier molecular flexibility index (Phi) is 6.51. The quantitative estimate of drug-likeness (QED) is 0.721. The van der Waals surface area contributed by atoms with Gasteiger partial charge in [-0.2, -0.15) is 0 Å². The third-order valence-electron chi connectivity index (χ3n) is 4.48. The number of hydrogen-bond acceptors (Lipinski definition) is 3. The Hall–Kier alpha value is -1.97. The molecule has 0 saturated heterocycles. The van der Waals surface area contributed by atoms with E-state index in [9.17, 15) is 4.79 Å². The lowest BCUT2D eigenvalue weighted by Crippen LogP contribution is -2.40. The highest BCUT2D eigenvalue weighted by molar-refractivity contribution is 5.78. The molecule has 2 rings (SSSR count). The predicted molar refractivity (Wildman–Crippen MR) is 92.0 cm³/mol. The van der Waals surface area contributed by atoms with E-state index in [1.54, 1.807) is 7.11 Å². The number of nitrogens with zero attached hydrogens (tertiary/aromatic N) is 1. The molecule has 4 heteroatoms. The number of benzene rings is 1. The van der Waals surface area contributed by atoms with E-state index in [1.807, 2.05) is 36.2 Å². The summed E-state index contributed by atoms with van der Waals surface area (Å²) in [6, 6.07) is 6.10. The van der Waals surface area contributed by atoms with Crippen molar-refractivity contribution < 1.29 is 14.3 Å². The van der Waals surface area contributed by atoms with Crippen LogP contribution in [0.5, 0.6) is 11.5 Å². The van der Waals surface area contributed by atoms with Crippen LogP contribution in [0.4, 0.5) is 0 Å². The van der Waals surface area contributed by atoms with Gasteiger partial charge < -0.3 is 14.4 Å². The van der Waals surface area contributed by atoms with Crippen molar-refractivity contribution in [3.63, 3.8) is 0 Å². The Morgan fingerprint density at radius 2 is 2.04 bits per heavy atom. The maximum Gasteiger partial charge on any atom is 0.260 e. The molecule has 1 saturated carbocycles. The Bertz CT molecular complexity index is 535. The van der Waals surface area contributed by atoms with Crippen LogP contribution in [-0.4, -0.2) is 37.6 Å². The van der Waals surface area contributed by atoms with Crippen molar-refractivity contribution in [2.24, 2.45) is 0 Å². The van der Waals surface area contributed by atoms with E-state index in [0.29, 0.717) is 17.5 Å². The fourth-order valence-corrected chi connectivity index (χ4v) is 3.04. The van der Waals surface area contributed by atoms with E-state index in [4.69, 9.17) is 9.47 Å². The third kappa shape index (κ3) is 4.75. The van der Waals surface area contributed by atoms with Crippen molar-refractivity contribution in [1.29, 1.82) is 0 Å². The highest BCUT2D eigenvalue weighted by Crippen LogP contribution is 2.28. The lowest BCUT2D eigenvalue weighted by molar-refractivity contribution is -0.134. The minimum atomic E-state index is 0.0223. The average molecular weight is 317 g/mol. The first-order valence-electron chi connectivity index (χ1n) is 8.32. The topological polar surface area (TPSA) is 38.8 Å². The van der Waals surface area contributed by atoms with E-state index in [0.717, 1.165) is 24.8 Å². The van der Waals surface area contributed by atoms with E-state index < -0.39 is 0 Å². The molecular formula is C19H27NO3. The van der Waals surface area contributed by atoms with Gasteiger partial charge in [-0.3, -0.25) is 4.79 Å². The van der Waals surface area contributed by atoms with Crippen molar-refractivity contribution in [2.75, 3.05) is 20.8 Å². The molecule has 1 fully saturated rings. The van der Waals surface area contributed by atoms with Crippen molar-refractivity contribution in [3.05, 3.63) is 36.4 Å². The monoisotopic (exact) mass is 317 g/mol. The number of carbonyl (C=O) groups excluding carboxylic acids is 1. The molecule has 0 atom stereocenters. The molecule has 0 aliphatic heterocycles. The average Bonchev–Trinajstić information content (AvgIpc) is 2.60. The lowest BCUT2D eigenvalue weighted by atomic mass is 9.94. The number of likely N-dealkylation sites (N-methyl/N-ethyl adjacent to an activating group) is 1. The van der Waals surface area contributed by atoms with Gasteiger partial charge in [-0.15, -0.1) is 6.58 Å². The fourth-order valence-electron chi connectivity index (χ4n) is 3.04. The molecule has 23 heavy (non-hydrogen) atoms. The molecule has 0 heterocycles. The summed E-state index contributed by atoms with van der Waals surface area (Å²) in [6.07, 6.45) is 8.52. The predicted octanol–water partition coefficient (Wildman–Crippen LogP) is 3.59. The molecule has 0 bridgehead atoms. The third-order valence-corrected chi connectivity index (χ3v) is 4.48. The summed E-state index contributed by atoms with van der Waals surface area (Å²) in [5, 5.41) is 0. The van der Waals surface area contributed by atoms with Gasteiger partial charge in [0, 0.05) is 13.1 Å². The molecule has 1 aliphatic carbocycles. The molecule has 0 radical (unpaired) electrons. The first-order chi connectivity index (χ1) is 11.2. The normalized spacial score (nSPS) is 15.0. The Balaban J connectivity index is 1.93. The smallest absolute Gasteiger partial charge is 0.260 e. The van der Waals surface area contributed by atoms with E-state index >= 15 is 0 Å². The van der Waals surface area contributed by atoms with E-state index in [2.05, 4.69) is 6.58 Å². The molecule has 4 nitrogen and oxygen atoms in total. The van der Waals surface area contributed by atoms with Gasteiger partial charge in [-0.1, -0.05) is 31.4 Å². The van der Waals surface area contributed by atoms with Crippen LogP contribution in [0.25, 0.3) is 0 Å².